The lowest BCUT2D eigenvalue weighted by Crippen LogP contribution is -2.50. The smallest absolute Gasteiger partial charge is 0.193 e. The van der Waals surface area contributed by atoms with Crippen molar-refractivity contribution in [3.8, 4) is 0 Å². The molecule has 2 aliphatic heterocycles. The number of aliphatic imine (C=N–C) groups is 1. The minimum Gasteiger partial charge on any atom is -0.373 e. The van der Waals surface area contributed by atoms with Crippen molar-refractivity contribution in [1.82, 2.24) is 20.0 Å². The molecule has 0 radical (unpaired) electrons. The molecule has 6 heteroatoms. The molecule has 1 saturated carbocycles. The topological polar surface area (TPSA) is 43.3 Å². The van der Waals surface area contributed by atoms with Crippen molar-refractivity contribution in [2.45, 2.75) is 44.5 Å². The summed E-state index contributed by atoms with van der Waals surface area (Å²) in [6.07, 6.45) is 3.01. The Labute approximate surface area is 169 Å². The zero-order valence-electron chi connectivity index (χ0n) is 17.4. The Morgan fingerprint density at radius 2 is 2.07 bits per heavy atom. The molecule has 2 heterocycles. The second-order valence-corrected chi connectivity index (χ2v) is 8.17. The van der Waals surface area contributed by atoms with Crippen LogP contribution in [0, 0.1) is 0 Å². The van der Waals surface area contributed by atoms with Gasteiger partial charge in [-0.3, -0.25) is 14.8 Å². The third kappa shape index (κ3) is 4.67. The zero-order valence-corrected chi connectivity index (χ0v) is 17.4. The molecule has 2 saturated heterocycles. The lowest BCUT2D eigenvalue weighted by molar-refractivity contribution is -0.0502. The summed E-state index contributed by atoms with van der Waals surface area (Å²) >= 11 is 0. The molecule has 3 fully saturated rings. The molecule has 6 nitrogen and oxygen atoms in total. The molecule has 2 unspecified atom stereocenters. The molecule has 28 heavy (non-hydrogen) atoms. The van der Waals surface area contributed by atoms with E-state index >= 15 is 0 Å². The Bertz CT molecular complexity index is 648. The number of likely N-dealkylation sites (tertiary alicyclic amines) is 1. The predicted octanol–water partition coefficient (Wildman–Crippen LogP) is 1.63. The number of hydrogen-bond donors (Lipinski definition) is 1. The van der Waals surface area contributed by atoms with Crippen molar-refractivity contribution in [2.75, 3.05) is 52.9 Å². The molecule has 0 bridgehead atoms. The van der Waals surface area contributed by atoms with E-state index in [0.29, 0.717) is 6.04 Å². The highest BCUT2D eigenvalue weighted by molar-refractivity contribution is 5.80. The standard InChI is InChI=1S/C22H35N5O/c1-3-25(19-9-10-19)12-11-24-22(23-2)27-16-20-21(17-27)28-14-13-26(20)15-18-7-5-4-6-8-18/h4-8,19-21H,3,9-17H2,1-2H3,(H,23,24). The Morgan fingerprint density at radius 3 is 2.79 bits per heavy atom. The van der Waals surface area contributed by atoms with Crippen molar-refractivity contribution in [1.29, 1.82) is 0 Å². The van der Waals surface area contributed by atoms with Gasteiger partial charge in [-0.1, -0.05) is 37.3 Å². The van der Waals surface area contributed by atoms with Crippen LogP contribution in [0.3, 0.4) is 0 Å². The number of fused-ring (bicyclic) bond motifs is 1. The third-order valence-corrected chi connectivity index (χ3v) is 6.31. The van der Waals surface area contributed by atoms with Crippen LogP contribution in [0.15, 0.2) is 35.3 Å². The molecule has 1 aliphatic carbocycles. The summed E-state index contributed by atoms with van der Waals surface area (Å²) in [7, 11) is 1.89. The fraction of sp³-hybridized carbons (Fsp3) is 0.682. The summed E-state index contributed by atoms with van der Waals surface area (Å²) in [5.74, 6) is 1.02. The quantitative estimate of drug-likeness (QED) is 0.571. The highest BCUT2D eigenvalue weighted by atomic mass is 16.5. The number of rotatable bonds is 7. The minimum atomic E-state index is 0.273. The highest BCUT2D eigenvalue weighted by Gasteiger charge is 2.41. The maximum atomic E-state index is 6.12. The van der Waals surface area contributed by atoms with Crippen molar-refractivity contribution >= 4 is 5.96 Å². The summed E-state index contributed by atoms with van der Waals surface area (Å²) in [5.41, 5.74) is 1.38. The minimum absolute atomic E-state index is 0.273. The van der Waals surface area contributed by atoms with Crippen LogP contribution in [0.1, 0.15) is 25.3 Å². The van der Waals surface area contributed by atoms with E-state index in [2.05, 4.69) is 62.3 Å². The fourth-order valence-corrected chi connectivity index (χ4v) is 4.63. The number of ether oxygens (including phenoxy) is 1. The van der Waals surface area contributed by atoms with E-state index in [0.717, 1.165) is 64.4 Å². The van der Waals surface area contributed by atoms with Gasteiger partial charge >= 0.3 is 0 Å². The van der Waals surface area contributed by atoms with Crippen LogP contribution in [-0.4, -0.2) is 91.8 Å². The average Bonchev–Trinajstić information content (AvgIpc) is 3.47. The summed E-state index contributed by atoms with van der Waals surface area (Å²) in [5, 5.41) is 3.59. The van der Waals surface area contributed by atoms with Gasteiger partial charge in [-0.25, -0.2) is 0 Å². The van der Waals surface area contributed by atoms with Crippen LogP contribution in [0.25, 0.3) is 0 Å². The van der Waals surface area contributed by atoms with Gasteiger partial charge in [-0.15, -0.1) is 0 Å². The fourth-order valence-electron chi connectivity index (χ4n) is 4.63. The summed E-state index contributed by atoms with van der Waals surface area (Å²) in [4.78, 5) is 12.1. The molecular weight excluding hydrogens is 350 g/mol. The van der Waals surface area contributed by atoms with Gasteiger partial charge in [0.15, 0.2) is 5.96 Å². The van der Waals surface area contributed by atoms with E-state index in [1.165, 1.54) is 18.4 Å². The van der Waals surface area contributed by atoms with Gasteiger partial charge in [-0.2, -0.15) is 0 Å². The molecule has 0 aromatic heterocycles. The van der Waals surface area contributed by atoms with Crippen LogP contribution in [0.4, 0.5) is 0 Å². The average molecular weight is 386 g/mol. The number of guanidine groups is 1. The largest absolute Gasteiger partial charge is 0.373 e. The van der Waals surface area contributed by atoms with Crippen molar-refractivity contribution < 1.29 is 4.74 Å². The number of nitrogens with zero attached hydrogens (tertiary/aromatic N) is 4. The molecular formula is C22H35N5O. The highest BCUT2D eigenvalue weighted by Crippen LogP contribution is 2.26. The normalized spacial score (nSPS) is 26.0. The Hall–Kier alpha value is -1.63. The maximum absolute atomic E-state index is 6.12. The van der Waals surface area contributed by atoms with Crippen LogP contribution in [0.5, 0.6) is 0 Å². The summed E-state index contributed by atoms with van der Waals surface area (Å²) < 4.78 is 6.12. The van der Waals surface area contributed by atoms with Gasteiger partial charge in [-0.05, 0) is 24.9 Å². The van der Waals surface area contributed by atoms with Gasteiger partial charge in [0.05, 0.1) is 18.8 Å². The number of morpholine rings is 1. The van der Waals surface area contributed by atoms with E-state index in [-0.39, 0.29) is 6.10 Å². The lowest BCUT2D eigenvalue weighted by atomic mass is 10.1. The third-order valence-electron chi connectivity index (χ3n) is 6.31. The monoisotopic (exact) mass is 385 g/mol. The van der Waals surface area contributed by atoms with Gasteiger partial charge in [0.1, 0.15) is 0 Å². The molecule has 0 spiro atoms. The van der Waals surface area contributed by atoms with Gasteiger partial charge < -0.3 is 15.0 Å². The number of benzene rings is 1. The summed E-state index contributed by atoms with van der Waals surface area (Å²) in [6.45, 7) is 10.2. The van der Waals surface area contributed by atoms with E-state index in [9.17, 15) is 0 Å². The van der Waals surface area contributed by atoms with Crippen molar-refractivity contribution in [3.63, 3.8) is 0 Å². The van der Waals surface area contributed by atoms with Crippen LogP contribution in [0.2, 0.25) is 0 Å². The predicted molar refractivity (Wildman–Crippen MR) is 114 cm³/mol. The molecule has 2 atom stereocenters. The van der Waals surface area contributed by atoms with E-state index in [1.54, 1.807) is 0 Å². The molecule has 1 N–H and O–H groups in total. The van der Waals surface area contributed by atoms with Crippen LogP contribution < -0.4 is 5.32 Å². The van der Waals surface area contributed by atoms with E-state index in [4.69, 9.17) is 4.74 Å². The first-order valence-corrected chi connectivity index (χ1v) is 10.9. The Balaban J connectivity index is 1.31. The van der Waals surface area contributed by atoms with Crippen LogP contribution in [-0.2, 0) is 11.3 Å². The maximum Gasteiger partial charge on any atom is 0.193 e. The first kappa shape index (κ1) is 19.7. The van der Waals surface area contributed by atoms with Crippen molar-refractivity contribution in [3.05, 3.63) is 35.9 Å². The molecule has 1 aromatic rings. The first-order valence-electron chi connectivity index (χ1n) is 10.9. The Kier molecular flexibility index (Phi) is 6.50. The Morgan fingerprint density at radius 1 is 1.25 bits per heavy atom. The molecule has 154 valence electrons. The lowest BCUT2D eigenvalue weighted by Gasteiger charge is -2.36. The number of nitrogens with one attached hydrogen (secondary N) is 1. The molecule has 4 rings (SSSR count). The van der Waals surface area contributed by atoms with E-state index < -0.39 is 0 Å². The SMILES string of the molecule is CCN(CCNC(=NC)N1CC2OCCN(Cc3ccccc3)C2C1)C1CC1. The number of hydrogen-bond acceptors (Lipinski definition) is 4. The van der Waals surface area contributed by atoms with Gasteiger partial charge in [0, 0.05) is 52.4 Å². The molecule has 3 aliphatic rings. The van der Waals surface area contributed by atoms with Gasteiger partial charge in [0.2, 0.25) is 0 Å². The van der Waals surface area contributed by atoms with Gasteiger partial charge in [0.25, 0.3) is 0 Å². The van der Waals surface area contributed by atoms with Crippen molar-refractivity contribution in [2.24, 2.45) is 4.99 Å². The second-order valence-electron chi connectivity index (χ2n) is 8.17. The van der Waals surface area contributed by atoms with E-state index in [1.807, 2.05) is 7.05 Å². The first-order chi connectivity index (χ1) is 13.8. The zero-order chi connectivity index (χ0) is 19.3. The molecule has 1 aromatic carbocycles. The van der Waals surface area contributed by atoms with Crippen LogP contribution >= 0.6 is 0 Å². The summed E-state index contributed by atoms with van der Waals surface area (Å²) in [6, 6.07) is 12.0. The molecule has 0 amide bonds. The number of likely N-dealkylation sites (N-methyl/N-ethyl adjacent to an activating group) is 1. The second kappa shape index (κ2) is 9.25.